The van der Waals surface area contributed by atoms with Crippen molar-refractivity contribution >= 4 is 5.95 Å². The third kappa shape index (κ3) is 5.61. The average Bonchev–Trinajstić information content (AvgIpc) is 2.80. The molecule has 0 saturated carbocycles. The SMILES string of the molecule is COc1cc(CN2CCC(c3cc(=O)[nH]c(N4CCOCC4)n3)CC2)ccc1OC(C)C. The van der Waals surface area contributed by atoms with E-state index < -0.39 is 0 Å². The van der Waals surface area contributed by atoms with Crippen molar-refractivity contribution in [2.45, 2.75) is 45.3 Å². The summed E-state index contributed by atoms with van der Waals surface area (Å²) >= 11 is 0. The Morgan fingerprint density at radius 3 is 2.56 bits per heavy atom. The molecule has 2 fully saturated rings. The van der Waals surface area contributed by atoms with Gasteiger partial charge in [-0.05, 0) is 57.5 Å². The van der Waals surface area contributed by atoms with Crippen molar-refractivity contribution in [2.75, 3.05) is 51.4 Å². The van der Waals surface area contributed by atoms with Gasteiger partial charge >= 0.3 is 0 Å². The summed E-state index contributed by atoms with van der Waals surface area (Å²) < 4.78 is 16.8. The van der Waals surface area contributed by atoms with E-state index >= 15 is 0 Å². The Morgan fingerprint density at radius 1 is 1.12 bits per heavy atom. The lowest BCUT2D eigenvalue weighted by atomic mass is 9.93. The van der Waals surface area contributed by atoms with Gasteiger partial charge in [-0.15, -0.1) is 0 Å². The lowest BCUT2D eigenvalue weighted by Gasteiger charge is -2.32. The molecule has 0 spiro atoms. The van der Waals surface area contributed by atoms with Crippen LogP contribution in [0.25, 0.3) is 0 Å². The molecule has 0 bridgehead atoms. The van der Waals surface area contributed by atoms with Gasteiger partial charge in [0.2, 0.25) is 5.95 Å². The van der Waals surface area contributed by atoms with E-state index in [0.29, 0.717) is 25.1 Å². The van der Waals surface area contributed by atoms with Crippen LogP contribution in [-0.2, 0) is 11.3 Å². The first-order valence-electron chi connectivity index (χ1n) is 11.5. The van der Waals surface area contributed by atoms with Gasteiger partial charge in [0.25, 0.3) is 5.56 Å². The lowest BCUT2D eigenvalue weighted by molar-refractivity contribution is 0.122. The Morgan fingerprint density at radius 2 is 1.88 bits per heavy atom. The average molecular weight is 443 g/mol. The topological polar surface area (TPSA) is 79.9 Å². The summed E-state index contributed by atoms with van der Waals surface area (Å²) in [6.07, 6.45) is 2.09. The van der Waals surface area contributed by atoms with E-state index in [-0.39, 0.29) is 11.7 Å². The number of benzene rings is 1. The van der Waals surface area contributed by atoms with E-state index in [4.69, 9.17) is 19.2 Å². The number of methoxy groups -OCH3 is 1. The second-order valence-corrected chi connectivity index (χ2v) is 8.80. The van der Waals surface area contributed by atoms with Crippen LogP contribution < -0.4 is 19.9 Å². The van der Waals surface area contributed by atoms with Gasteiger partial charge in [0.1, 0.15) is 0 Å². The van der Waals surface area contributed by atoms with Crippen molar-refractivity contribution < 1.29 is 14.2 Å². The molecule has 0 amide bonds. The molecule has 4 rings (SSSR count). The quantitative estimate of drug-likeness (QED) is 0.706. The van der Waals surface area contributed by atoms with E-state index in [9.17, 15) is 4.79 Å². The van der Waals surface area contributed by atoms with E-state index in [1.54, 1.807) is 13.2 Å². The Balaban J connectivity index is 1.37. The van der Waals surface area contributed by atoms with E-state index in [0.717, 1.165) is 62.8 Å². The summed E-state index contributed by atoms with van der Waals surface area (Å²) in [5, 5.41) is 0. The van der Waals surface area contributed by atoms with Crippen molar-refractivity contribution in [1.82, 2.24) is 14.9 Å². The smallest absolute Gasteiger partial charge is 0.252 e. The predicted molar refractivity (Wildman–Crippen MR) is 124 cm³/mol. The molecule has 0 unspecified atom stereocenters. The number of anilines is 1. The Hall–Kier alpha value is -2.58. The number of likely N-dealkylation sites (tertiary alicyclic amines) is 1. The van der Waals surface area contributed by atoms with Gasteiger partial charge in [-0.25, -0.2) is 4.98 Å². The molecule has 0 atom stereocenters. The maximum absolute atomic E-state index is 12.3. The van der Waals surface area contributed by atoms with Crippen LogP contribution >= 0.6 is 0 Å². The predicted octanol–water partition coefficient (Wildman–Crippen LogP) is 2.78. The summed E-state index contributed by atoms with van der Waals surface area (Å²) in [6, 6.07) is 7.84. The highest BCUT2D eigenvalue weighted by Gasteiger charge is 2.24. The minimum atomic E-state index is -0.0743. The molecule has 3 heterocycles. The van der Waals surface area contributed by atoms with Crippen molar-refractivity contribution in [3.63, 3.8) is 0 Å². The standard InChI is InChI=1S/C24H34N4O4/c1-17(2)32-21-5-4-18(14-22(21)30-3)16-27-8-6-19(7-9-27)20-15-23(29)26-24(25-20)28-10-12-31-13-11-28/h4-5,14-15,17,19H,6-13,16H2,1-3H3,(H,25,26,29). The molecule has 1 N–H and O–H groups in total. The van der Waals surface area contributed by atoms with Gasteiger partial charge in [0.05, 0.1) is 32.1 Å². The molecule has 2 saturated heterocycles. The molecular weight excluding hydrogens is 408 g/mol. The lowest BCUT2D eigenvalue weighted by Crippen LogP contribution is -2.39. The summed E-state index contributed by atoms with van der Waals surface area (Å²) in [7, 11) is 1.68. The third-order valence-corrected chi connectivity index (χ3v) is 6.06. The van der Waals surface area contributed by atoms with Crippen LogP contribution in [0.1, 0.15) is 43.9 Å². The normalized spacial score (nSPS) is 18.2. The molecule has 1 aromatic carbocycles. The van der Waals surface area contributed by atoms with Crippen LogP contribution in [0.5, 0.6) is 11.5 Å². The van der Waals surface area contributed by atoms with Crippen LogP contribution in [-0.4, -0.2) is 67.5 Å². The minimum absolute atomic E-state index is 0.0743. The number of nitrogens with one attached hydrogen (secondary N) is 1. The minimum Gasteiger partial charge on any atom is -0.493 e. The molecular formula is C24H34N4O4. The van der Waals surface area contributed by atoms with Gasteiger partial charge in [-0.1, -0.05) is 6.07 Å². The second-order valence-electron chi connectivity index (χ2n) is 8.80. The molecule has 1 aromatic heterocycles. The maximum atomic E-state index is 12.3. The van der Waals surface area contributed by atoms with Gasteiger partial charge in [-0.3, -0.25) is 14.7 Å². The summed E-state index contributed by atoms with van der Waals surface area (Å²) in [6.45, 7) is 9.69. The Bertz CT molecular complexity index is 947. The number of piperidine rings is 1. The van der Waals surface area contributed by atoms with Crippen molar-refractivity contribution in [3.8, 4) is 11.5 Å². The van der Waals surface area contributed by atoms with Gasteiger partial charge in [0.15, 0.2) is 11.5 Å². The van der Waals surface area contributed by atoms with Crippen molar-refractivity contribution in [2.24, 2.45) is 0 Å². The molecule has 0 aliphatic carbocycles. The van der Waals surface area contributed by atoms with Crippen LogP contribution in [0.4, 0.5) is 5.95 Å². The zero-order valence-corrected chi connectivity index (χ0v) is 19.3. The highest BCUT2D eigenvalue weighted by atomic mass is 16.5. The molecule has 2 aromatic rings. The molecule has 8 nitrogen and oxygen atoms in total. The third-order valence-electron chi connectivity index (χ3n) is 6.06. The van der Waals surface area contributed by atoms with Crippen LogP contribution in [0.2, 0.25) is 0 Å². The molecule has 2 aliphatic heterocycles. The molecule has 174 valence electrons. The maximum Gasteiger partial charge on any atom is 0.252 e. The van der Waals surface area contributed by atoms with E-state index in [2.05, 4.69) is 26.9 Å². The number of aromatic nitrogens is 2. The first-order chi connectivity index (χ1) is 15.5. The van der Waals surface area contributed by atoms with E-state index in [1.165, 1.54) is 5.56 Å². The largest absolute Gasteiger partial charge is 0.493 e. The first kappa shape index (κ1) is 22.6. The fraction of sp³-hybridized carbons (Fsp3) is 0.583. The highest BCUT2D eigenvalue weighted by Crippen LogP contribution is 2.31. The molecule has 0 radical (unpaired) electrons. The van der Waals surface area contributed by atoms with Crippen LogP contribution in [0.3, 0.4) is 0 Å². The second kappa shape index (κ2) is 10.4. The number of nitrogens with zero attached hydrogens (tertiary/aromatic N) is 3. The molecule has 32 heavy (non-hydrogen) atoms. The van der Waals surface area contributed by atoms with Gasteiger partial charge in [0, 0.05) is 31.6 Å². The monoisotopic (exact) mass is 442 g/mol. The van der Waals surface area contributed by atoms with Gasteiger partial charge in [-0.2, -0.15) is 0 Å². The summed E-state index contributed by atoms with van der Waals surface area (Å²) in [5.41, 5.74) is 2.04. The number of morpholine rings is 1. The van der Waals surface area contributed by atoms with Crippen LogP contribution in [0.15, 0.2) is 29.1 Å². The fourth-order valence-corrected chi connectivity index (χ4v) is 4.40. The van der Waals surface area contributed by atoms with Gasteiger partial charge < -0.3 is 19.1 Å². The summed E-state index contributed by atoms with van der Waals surface area (Å²) in [5.74, 6) is 2.54. The van der Waals surface area contributed by atoms with E-state index in [1.807, 2.05) is 19.9 Å². The van der Waals surface area contributed by atoms with Crippen molar-refractivity contribution in [1.29, 1.82) is 0 Å². The highest BCUT2D eigenvalue weighted by molar-refractivity contribution is 5.43. The Labute approximate surface area is 189 Å². The number of hydrogen-bond donors (Lipinski definition) is 1. The zero-order valence-electron chi connectivity index (χ0n) is 19.3. The van der Waals surface area contributed by atoms with Crippen LogP contribution in [0, 0.1) is 0 Å². The number of ether oxygens (including phenoxy) is 3. The zero-order chi connectivity index (χ0) is 22.5. The fourth-order valence-electron chi connectivity index (χ4n) is 4.40. The van der Waals surface area contributed by atoms with Crippen molar-refractivity contribution in [3.05, 3.63) is 45.9 Å². The number of aromatic amines is 1. The number of rotatable bonds is 7. The molecule has 2 aliphatic rings. The summed E-state index contributed by atoms with van der Waals surface area (Å²) in [4.78, 5) is 24.5. The Kier molecular flexibility index (Phi) is 7.32. The number of H-pyrrole nitrogens is 1. The first-order valence-corrected chi connectivity index (χ1v) is 11.5. The molecule has 8 heteroatoms. The number of hydrogen-bond acceptors (Lipinski definition) is 7.